The summed E-state index contributed by atoms with van der Waals surface area (Å²) in [6.45, 7) is 6.41. The van der Waals surface area contributed by atoms with Crippen molar-refractivity contribution in [3.8, 4) is 0 Å². The first kappa shape index (κ1) is 19.5. The summed E-state index contributed by atoms with van der Waals surface area (Å²) in [6, 6.07) is 7.13. The molecule has 7 nitrogen and oxygen atoms in total. The number of rotatable bonds is 8. The predicted molar refractivity (Wildman–Crippen MR) is 103 cm³/mol. The second-order valence-corrected chi connectivity index (χ2v) is 6.79. The van der Waals surface area contributed by atoms with Crippen molar-refractivity contribution in [1.29, 1.82) is 0 Å². The van der Waals surface area contributed by atoms with Gasteiger partial charge in [-0.3, -0.25) is 14.4 Å². The van der Waals surface area contributed by atoms with E-state index in [1.54, 1.807) is 34.6 Å². The zero-order valence-electron chi connectivity index (χ0n) is 15.7. The van der Waals surface area contributed by atoms with Crippen LogP contribution in [0.25, 0.3) is 10.9 Å². The molecule has 0 bridgehead atoms. The number of nitrogens with zero attached hydrogens (tertiary/aromatic N) is 2. The third-order valence-electron chi connectivity index (χ3n) is 4.80. The van der Waals surface area contributed by atoms with Gasteiger partial charge in [0.05, 0.1) is 18.7 Å². The van der Waals surface area contributed by atoms with Crippen molar-refractivity contribution < 1.29 is 23.9 Å². The molecule has 7 heteroatoms. The first-order chi connectivity index (χ1) is 13.4. The Balaban J connectivity index is 1.72. The van der Waals surface area contributed by atoms with Gasteiger partial charge in [0, 0.05) is 42.5 Å². The molecule has 2 aromatic rings. The fraction of sp³-hybridized carbons (Fsp3) is 0.333. The van der Waals surface area contributed by atoms with Crippen LogP contribution >= 0.6 is 0 Å². The standard InChI is InChI=1S/C21H22N2O5/c1-3-19(25)23-10-14(11-23)9-15(24)12-22-13-17(20(26)21(27)28-4-2)16-7-5-6-8-18(16)22/h3,5-8,13-14H,1,4,9-12H2,2H3. The minimum Gasteiger partial charge on any atom is -0.460 e. The number of likely N-dealkylation sites (tertiary alicyclic amines) is 1. The zero-order chi connectivity index (χ0) is 20.3. The lowest BCUT2D eigenvalue weighted by molar-refractivity contribution is -0.137. The molecule has 3 rings (SSSR count). The van der Waals surface area contributed by atoms with Gasteiger partial charge >= 0.3 is 5.97 Å². The molecule has 1 aromatic carbocycles. The van der Waals surface area contributed by atoms with Crippen molar-refractivity contribution in [2.45, 2.75) is 19.9 Å². The Morgan fingerprint density at radius 2 is 1.93 bits per heavy atom. The number of ether oxygens (including phenoxy) is 1. The third-order valence-corrected chi connectivity index (χ3v) is 4.80. The molecule has 146 valence electrons. The Labute approximate surface area is 162 Å². The van der Waals surface area contributed by atoms with Crippen LogP contribution in [-0.4, -0.2) is 52.6 Å². The largest absolute Gasteiger partial charge is 0.460 e. The average molecular weight is 382 g/mol. The molecule has 1 aromatic heterocycles. The topological polar surface area (TPSA) is 85.7 Å². The number of hydrogen-bond acceptors (Lipinski definition) is 5. The van der Waals surface area contributed by atoms with Crippen molar-refractivity contribution in [3.63, 3.8) is 0 Å². The van der Waals surface area contributed by atoms with Gasteiger partial charge in [0.25, 0.3) is 5.78 Å². The van der Waals surface area contributed by atoms with Crippen molar-refractivity contribution in [1.82, 2.24) is 9.47 Å². The number of carbonyl (C=O) groups excluding carboxylic acids is 4. The first-order valence-electron chi connectivity index (χ1n) is 9.17. The van der Waals surface area contributed by atoms with Gasteiger partial charge < -0.3 is 14.2 Å². The Kier molecular flexibility index (Phi) is 5.73. The van der Waals surface area contributed by atoms with Crippen LogP contribution in [0, 0.1) is 5.92 Å². The van der Waals surface area contributed by atoms with Gasteiger partial charge in [-0.25, -0.2) is 4.79 Å². The maximum atomic E-state index is 12.5. The van der Waals surface area contributed by atoms with Gasteiger partial charge in [-0.2, -0.15) is 0 Å². The van der Waals surface area contributed by atoms with Gasteiger partial charge in [0.15, 0.2) is 5.78 Å². The molecule has 0 saturated carbocycles. The van der Waals surface area contributed by atoms with Crippen LogP contribution in [0.5, 0.6) is 0 Å². The van der Waals surface area contributed by atoms with E-state index in [1.807, 2.05) is 6.07 Å². The first-order valence-corrected chi connectivity index (χ1v) is 9.17. The molecule has 1 fully saturated rings. The second kappa shape index (κ2) is 8.21. The summed E-state index contributed by atoms with van der Waals surface area (Å²) < 4.78 is 6.50. The SMILES string of the molecule is C=CC(=O)N1CC(CC(=O)Cn2cc(C(=O)C(=O)OCC)c3ccccc32)C1. The Morgan fingerprint density at radius 3 is 2.61 bits per heavy atom. The molecule has 0 unspecified atom stereocenters. The van der Waals surface area contributed by atoms with Crippen LogP contribution < -0.4 is 0 Å². The number of hydrogen-bond donors (Lipinski definition) is 0. The highest BCUT2D eigenvalue weighted by molar-refractivity contribution is 6.43. The number of fused-ring (bicyclic) bond motifs is 1. The summed E-state index contributed by atoms with van der Waals surface area (Å²) in [5.41, 5.74) is 0.939. The van der Waals surface area contributed by atoms with E-state index in [0.29, 0.717) is 30.4 Å². The van der Waals surface area contributed by atoms with E-state index >= 15 is 0 Å². The molecule has 1 aliphatic heterocycles. The van der Waals surface area contributed by atoms with Crippen molar-refractivity contribution in [2.75, 3.05) is 19.7 Å². The highest BCUT2D eigenvalue weighted by Gasteiger charge is 2.31. The minimum atomic E-state index is -0.904. The molecule has 0 atom stereocenters. The quantitative estimate of drug-likeness (QED) is 0.302. The van der Waals surface area contributed by atoms with E-state index in [4.69, 9.17) is 4.74 Å². The normalized spacial score (nSPS) is 13.8. The summed E-state index contributed by atoms with van der Waals surface area (Å²) >= 11 is 0. The van der Waals surface area contributed by atoms with Crippen LogP contribution in [0.1, 0.15) is 23.7 Å². The molecular weight excluding hydrogens is 360 g/mol. The number of aromatic nitrogens is 1. The number of esters is 1. The third kappa shape index (κ3) is 3.88. The molecule has 0 spiro atoms. The summed E-state index contributed by atoms with van der Waals surface area (Å²) in [7, 11) is 0. The van der Waals surface area contributed by atoms with Crippen molar-refractivity contribution in [2.24, 2.45) is 5.92 Å². The van der Waals surface area contributed by atoms with Crippen LogP contribution in [0.2, 0.25) is 0 Å². The van der Waals surface area contributed by atoms with Gasteiger partial charge in [0.2, 0.25) is 5.91 Å². The summed E-state index contributed by atoms with van der Waals surface area (Å²) in [4.78, 5) is 49.9. The van der Waals surface area contributed by atoms with Gasteiger partial charge in [-0.15, -0.1) is 0 Å². The Bertz CT molecular complexity index is 953. The number of benzene rings is 1. The summed E-state index contributed by atoms with van der Waals surface area (Å²) in [5, 5.41) is 0.611. The lowest BCUT2D eigenvalue weighted by Gasteiger charge is -2.38. The number of para-hydroxylation sites is 1. The predicted octanol–water partition coefficient (Wildman–Crippen LogP) is 1.99. The maximum Gasteiger partial charge on any atom is 0.379 e. The van der Waals surface area contributed by atoms with Gasteiger partial charge in [0.1, 0.15) is 0 Å². The van der Waals surface area contributed by atoms with Crippen LogP contribution in [0.3, 0.4) is 0 Å². The average Bonchev–Trinajstić information content (AvgIpc) is 3.02. The molecule has 1 saturated heterocycles. The number of amides is 1. The highest BCUT2D eigenvalue weighted by atomic mass is 16.5. The Hall–Kier alpha value is -3.22. The van der Waals surface area contributed by atoms with E-state index in [9.17, 15) is 19.2 Å². The van der Waals surface area contributed by atoms with E-state index < -0.39 is 11.8 Å². The maximum absolute atomic E-state index is 12.5. The zero-order valence-corrected chi connectivity index (χ0v) is 15.7. The van der Waals surface area contributed by atoms with Crippen molar-refractivity contribution in [3.05, 3.63) is 48.7 Å². The molecule has 0 aliphatic carbocycles. The van der Waals surface area contributed by atoms with E-state index in [2.05, 4.69) is 6.58 Å². The Morgan fingerprint density at radius 1 is 1.21 bits per heavy atom. The summed E-state index contributed by atoms with van der Waals surface area (Å²) in [6.07, 6.45) is 3.16. The molecule has 2 heterocycles. The minimum absolute atomic E-state index is 0.00610. The molecule has 1 amide bonds. The van der Waals surface area contributed by atoms with E-state index in [1.165, 1.54) is 12.3 Å². The fourth-order valence-electron chi connectivity index (χ4n) is 3.45. The number of carbonyl (C=O) groups is 4. The van der Waals surface area contributed by atoms with E-state index in [0.717, 1.165) is 0 Å². The fourth-order valence-corrected chi connectivity index (χ4v) is 3.45. The molecule has 28 heavy (non-hydrogen) atoms. The second-order valence-electron chi connectivity index (χ2n) is 6.79. The number of ketones is 2. The highest BCUT2D eigenvalue weighted by Crippen LogP contribution is 2.24. The van der Waals surface area contributed by atoms with E-state index in [-0.39, 0.29) is 36.3 Å². The van der Waals surface area contributed by atoms with Crippen molar-refractivity contribution >= 4 is 34.3 Å². The smallest absolute Gasteiger partial charge is 0.379 e. The van der Waals surface area contributed by atoms with Gasteiger partial charge in [-0.05, 0) is 19.1 Å². The van der Waals surface area contributed by atoms with Crippen LogP contribution in [-0.2, 0) is 25.7 Å². The molecule has 0 N–H and O–H groups in total. The molecule has 1 aliphatic rings. The van der Waals surface area contributed by atoms with Crippen LogP contribution in [0.4, 0.5) is 0 Å². The lowest BCUT2D eigenvalue weighted by atomic mass is 9.94. The number of Topliss-reactive ketones (excluding diaryl/α,β-unsaturated/α-hetero) is 2. The monoisotopic (exact) mass is 382 g/mol. The lowest BCUT2D eigenvalue weighted by Crippen LogP contribution is -2.50. The van der Waals surface area contributed by atoms with Crippen LogP contribution in [0.15, 0.2) is 43.1 Å². The summed E-state index contributed by atoms with van der Waals surface area (Å²) in [5.74, 6) is -1.60. The van der Waals surface area contributed by atoms with Gasteiger partial charge in [-0.1, -0.05) is 24.8 Å². The molecule has 0 radical (unpaired) electrons. The molecular formula is C21H22N2O5.